The van der Waals surface area contributed by atoms with Crippen molar-refractivity contribution in [3.05, 3.63) is 36.7 Å². The summed E-state index contributed by atoms with van der Waals surface area (Å²) in [7, 11) is 0. The Morgan fingerprint density at radius 1 is 1.67 bits per heavy atom. The summed E-state index contributed by atoms with van der Waals surface area (Å²) in [6, 6.07) is 0. The summed E-state index contributed by atoms with van der Waals surface area (Å²) in [5.74, 6) is -0.135. The van der Waals surface area contributed by atoms with E-state index in [-0.39, 0.29) is 5.83 Å². The van der Waals surface area contributed by atoms with Crippen LogP contribution >= 0.6 is 0 Å². The van der Waals surface area contributed by atoms with E-state index < -0.39 is 0 Å². The van der Waals surface area contributed by atoms with Gasteiger partial charge in [0.15, 0.2) is 0 Å². The van der Waals surface area contributed by atoms with Gasteiger partial charge in [-0.05, 0) is 19.4 Å². The van der Waals surface area contributed by atoms with E-state index in [1.165, 1.54) is 13.0 Å². The summed E-state index contributed by atoms with van der Waals surface area (Å²) in [6.07, 6.45) is 7.46. The Hall–Kier alpha value is -0.850. The molecule has 50 valence electrons. The first-order chi connectivity index (χ1) is 4.27. The number of hydrogen-bond donors (Lipinski definition) is 0. The van der Waals surface area contributed by atoms with Crippen molar-refractivity contribution in [2.45, 2.75) is 13.3 Å². The lowest BCUT2D eigenvalue weighted by molar-refractivity contribution is 0.636. The molecule has 0 heterocycles. The summed E-state index contributed by atoms with van der Waals surface area (Å²) < 4.78 is 11.9. The predicted octanol–water partition coefficient (Wildman–Crippen LogP) is 2.99. The smallest absolute Gasteiger partial charge is 0.0932 e. The van der Waals surface area contributed by atoms with Gasteiger partial charge in [0.25, 0.3) is 0 Å². The molecule has 0 nitrogen and oxygen atoms in total. The Morgan fingerprint density at radius 3 is 2.78 bits per heavy atom. The minimum atomic E-state index is -0.135. The summed E-state index contributed by atoms with van der Waals surface area (Å²) >= 11 is 0. The maximum Gasteiger partial charge on any atom is 0.0932 e. The van der Waals surface area contributed by atoms with Gasteiger partial charge in [-0.1, -0.05) is 24.8 Å². The van der Waals surface area contributed by atoms with E-state index in [0.29, 0.717) is 6.42 Å². The quantitative estimate of drug-likeness (QED) is 0.510. The van der Waals surface area contributed by atoms with Crippen molar-refractivity contribution >= 4 is 0 Å². The predicted molar refractivity (Wildman–Crippen MR) is 38.8 cm³/mol. The van der Waals surface area contributed by atoms with Crippen molar-refractivity contribution in [2.24, 2.45) is 0 Å². The molecule has 0 aliphatic heterocycles. The first-order valence-electron chi connectivity index (χ1n) is 2.87. The summed E-state index contributed by atoms with van der Waals surface area (Å²) in [4.78, 5) is 0. The van der Waals surface area contributed by atoms with Gasteiger partial charge >= 0.3 is 0 Å². The molecule has 0 aliphatic rings. The Bertz CT molecular complexity index is 128. The van der Waals surface area contributed by atoms with Crippen LogP contribution in [0.3, 0.4) is 0 Å². The second kappa shape index (κ2) is 5.29. The van der Waals surface area contributed by atoms with Crippen molar-refractivity contribution in [1.29, 1.82) is 0 Å². The lowest BCUT2D eigenvalue weighted by atomic mass is 10.3. The van der Waals surface area contributed by atoms with Gasteiger partial charge in [-0.15, -0.1) is 0 Å². The maximum atomic E-state index is 11.9. The highest BCUT2D eigenvalue weighted by Crippen LogP contribution is 1.95. The molecule has 0 atom stereocenters. The van der Waals surface area contributed by atoms with Crippen molar-refractivity contribution in [1.82, 2.24) is 0 Å². The fraction of sp³-hybridized carbons (Fsp3) is 0.250. The van der Waals surface area contributed by atoms with E-state index in [4.69, 9.17) is 0 Å². The zero-order chi connectivity index (χ0) is 7.11. The van der Waals surface area contributed by atoms with Gasteiger partial charge < -0.3 is 0 Å². The van der Waals surface area contributed by atoms with E-state index in [2.05, 4.69) is 6.58 Å². The van der Waals surface area contributed by atoms with Crippen LogP contribution in [-0.2, 0) is 0 Å². The van der Waals surface area contributed by atoms with E-state index in [1.807, 2.05) is 6.08 Å². The molecule has 0 aliphatic carbocycles. The fourth-order valence-corrected chi connectivity index (χ4v) is 0.405. The first-order valence-corrected chi connectivity index (χ1v) is 2.87. The SMILES string of the molecule is C=C/C=C\C/C=C(\C)F. The van der Waals surface area contributed by atoms with Crippen LogP contribution in [0.25, 0.3) is 0 Å². The van der Waals surface area contributed by atoms with Gasteiger partial charge in [-0.25, -0.2) is 4.39 Å². The minimum Gasteiger partial charge on any atom is -0.212 e. The third-order valence-corrected chi connectivity index (χ3v) is 0.807. The highest BCUT2D eigenvalue weighted by Gasteiger charge is 1.76. The van der Waals surface area contributed by atoms with E-state index in [9.17, 15) is 4.39 Å². The van der Waals surface area contributed by atoms with Crippen LogP contribution in [0.1, 0.15) is 13.3 Å². The number of rotatable bonds is 3. The second-order valence-electron chi connectivity index (χ2n) is 1.69. The largest absolute Gasteiger partial charge is 0.212 e. The zero-order valence-corrected chi connectivity index (χ0v) is 5.60. The summed E-state index contributed by atoms with van der Waals surface area (Å²) in [5, 5.41) is 0. The van der Waals surface area contributed by atoms with Crippen LogP contribution in [0, 0.1) is 0 Å². The van der Waals surface area contributed by atoms with Crippen LogP contribution in [0.15, 0.2) is 36.7 Å². The Balaban J connectivity index is 3.40. The number of halogens is 1. The first kappa shape index (κ1) is 8.15. The van der Waals surface area contributed by atoms with Gasteiger partial charge in [-0.3, -0.25) is 0 Å². The van der Waals surface area contributed by atoms with Crippen molar-refractivity contribution in [3.8, 4) is 0 Å². The van der Waals surface area contributed by atoms with E-state index >= 15 is 0 Å². The molecule has 1 heteroatoms. The number of allylic oxidation sites excluding steroid dienone is 5. The molecule has 0 saturated carbocycles. The van der Waals surface area contributed by atoms with Crippen molar-refractivity contribution in [2.75, 3.05) is 0 Å². The average molecular weight is 126 g/mol. The second-order valence-corrected chi connectivity index (χ2v) is 1.69. The molecule has 0 bridgehead atoms. The third-order valence-electron chi connectivity index (χ3n) is 0.807. The monoisotopic (exact) mass is 126 g/mol. The van der Waals surface area contributed by atoms with Crippen molar-refractivity contribution in [3.63, 3.8) is 0 Å². The fourth-order valence-electron chi connectivity index (χ4n) is 0.405. The van der Waals surface area contributed by atoms with Gasteiger partial charge in [0, 0.05) is 0 Å². The molecule has 0 amide bonds. The molecule has 0 saturated heterocycles. The van der Waals surface area contributed by atoms with Crippen LogP contribution in [-0.4, -0.2) is 0 Å². The van der Waals surface area contributed by atoms with Crippen LogP contribution in [0.2, 0.25) is 0 Å². The minimum absolute atomic E-state index is 0.135. The molecular weight excluding hydrogens is 115 g/mol. The summed E-state index contributed by atoms with van der Waals surface area (Å²) in [6.45, 7) is 4.91. The molecule has 0 aromatic heterocycles. The molecule has 0 aromatic rings. The topological polar surface area (TPSA) is 0 Å². The van der Waals surface area contributed by atoms with E-state index in [1.54, 1.807) is 12.2 Å². The average Bonchev–Trinajstić information content (AvgIpc) is 1.80. The van der Waals surface area contributed by atoms with Gasteiger partial charge in [0.1, 0.15) is 0 Å². The highest BCUT2D eigenvalue weighted by molar-refractivity contribution is 5.02. The van der Waals surface area contributed by atoms with Gasteiger partial charge in [0.2, 0.25) is 0 Å². The van der Waals surface area contributed by atoms with E-state index in [0.717, 1.165) is 0 Å². The van der Waals surface area contributed by atoms with Crippen molar-refractivity contribution < 1.29 is 4.39 Å². The molecular formula is C8H11F. The lowest BCUT2D eigenvalue weighted by Crippen LogP contribution is -1.60. The molecule has 0 unspecified atom stereocenters. The van der Waals surface area contributed by atoms with Crippen LogP contribution < -0.4 is 0 Å². The highest BCUT2D eigenvalue weighted by atomic mass is 19.1. The Labute approximate surface area is 55.4 Å². The molecule has 0 fully saturated rings. The zero-order valence-electron chi connectivity index (χ0n) is 5.60. The molecule has 0 radical (unpaired) electrons. The third kappa shape index (κ3) is 7.15. The molecule has 9 heavy (non-hydrogen) atoms. The Morgan fingerprint density at radius 2 is 2.33 bits per heavy atom. The molecule has 0 N–H and O–H groups in total. The molecule has 0 spiro atoms. The standard InChI is InChI=1S/C8H11F/c1-3-4-5-6-7-8(2)9/h3-5,7H,1,6H2,2H3/b5-4-,8-7+. The maximum absolute atomic E-state index is 11.9. The lowest BCUT2D eigenvalue weighted by Gasteiger charge is -1.80. The van der Waals surface area contributed by atoms with Gasteiger partial charge in [0.05, 0.1) is 5.83 Å². The Kier molecular flexibility index (Phi) is 4.79. The molecule has 0 aromatic carbocycles. The van der Waals surface area contributed by atoms with Crippen LogP contribution in [0.5, 0.6) is 0 Å². The number of hydrogen-bond acceptors (Lipinski definition) is 0. The van der Waals surface area contributed by atoms with Crippen LogP contribution in [0.4, 0.5) is 4.39 Å². The van der Waals surface area contributed by atoms with Gasteiger partial charge in [-0.2, -0.15) is 0 Å². The molecule has 0 rings (SSSR count). The normalized spacial score (nSPS) is 12.4. The summed E-state index contributed by atoms with van der Waals surface area (Å²) in [5.41, 5.74) is 0.